The predicted octanol–water partition coefficient (Wildman–Crippen LogP) is 2.07. The Morgan fingerprint density at radius 1 is 1.30 bits per heavy atom. The Bertz CT molecular complexity index is 756. The normalized spacial score (nSPS) is 10.5. The van der Waals surface area contributed by atoms with E-state index >= 15 is 0 Å². The first-order chi connectivity index (χ1) is 11.0. The fourth-order valence-electron chi connectivity index (χ4n) is 1.74. The highest BCUT2D eigenvalue weighted by atomic mass is 16.6. The van der Waals surface area contributed by atoms with Crippen LogP contribution in [0.3, 0.4) is 0 Å². The van der Waals surface area contributed by atoms with Crippen LogP contribution in [0.5, 0.6) is 11.5 Å². The molecule has 0 heterocycles. The van der Waals surface area contributed by atoms with E-state index in [0.29, 0.717) is 5.56 Å². The highest BCUT2D eigenvalue weighted by molar-refractivity contribution is 5.95. The number of phenolic OH excluding ortho intramolecular Hbond substituents is 1. The lowest BCUT2D eigenvalue weighted by Crippen LogP contribution is -2.17. The number of methoxy groups -OCH3 is 1. The van der Waals surface area contributed by atoms with E-state index in [1.165, 1.54) is 43.7 Å². The summed E-state index contributed by atoms with van der Waals surface area (Å²) in [5, 5.41) is 23.8. The summed E-state index contributed by atoms with van der Waals surface area (Å²) in [5.41, 5.74) is 3.07. The lowest BCUT2D eigenvalue weighted by molar-refractivity contribution is -0.384. The highest BCUT2D eigenvalue weighted by Gasteiger charge is 2.08. The summed E-state index contributed by atoms with van der Waals surface area (Å²) >= 11 is 0. The molecule has 2 aromatic carbocycles. The molecule has 0 aliphatic carbocycles. The van der Waals surface area contributed by atoms with Crippen LogP contribution in [0.15, 0.2) is 47.6 Å². The molecule has 2 rings (SSSR count). The summed E-state index contributed by atoms with van der Waals surface area (Å²) in [7, 11) is 1.42. The monoisotopic (exact) mass is 315 g/mol. The number of nitrogens with one attached hydrogen (secondary N) is 1. The van der Waals surface area contributed by atoms with Crippen LogP contribution in [0.1, 0.15) is 15.9 Å². The first-order valence-electron chi connectivity index (χ1n) is 6.46. The quantitative estimate of drug-likeness (QED) is 0.498. The number of hydrogen-bond donors (Lipinski definition) is 2. The molecule has 0 aromatic heterocycles. The zero-order chi connectivity index (χ0) is 16.8. The molecule has 0 fully saturated rings. The van der Waals surface area contributed by atoms with Gasteiger partial charge in [-0.1, -0.05) is 0 Å². The number of phenols is 1. The van der Waals surface area contributed by atoms with E-state index in [4.69, 9.17) is 4.74 Å². The second kappa shape index (κ2) is 7.03. The number of carbonyl (C=O) groups is 1. The fourth-order valence-corrected chi connectivity index (χ4v) is 1.74. The van der Waals surface area contributed by atoms with Crippen molar-refractivity contribution in [1.82, 2.24) is 5.43 Å². The molecular formula is C15H13N3O5. The SMILES string of the molecule is COc1cc(/C=N/NC(=O)c2ccc([N+](=O)[O-])cc2)ccc1O. The van der Waals surface area contributed by atoms with E-state index in [0.717, 1.165) is 0 Å². The third-order valence-corrected chi connectivity index (χ3v) is 2.92. The number of amides is 1. The third-order valence-electron chi connectivity index (χ3n) is 2.92. The molecule has 0 bridgehead atoms. The van der Waals surface area contributed by atoms with Crippen molar-refractivity contribution >= 4 is 17.8 Å². The van der Waals surface area contributed by atoms with Crippen molar-refractivity contribution in [1.29, 1.82) is 0 Å². The topological polar surface area (TPSA) is 114 Å². The van der Waals surface area contributed by atoms with E-state index < -0.39 is 10.8 Å². The fraction of sp³-hybridized carbons (Fsp3) is 0.0667. The number of ether oxygens (including phenoxy) is 1. The maximum Gasteiger partial charge on any atom is 0.271 e. The second-order valence-corrected chi connectivity index (χ2v) is 4.43. The van der Waals surface area contributed by atoms with Gasteiger partial charge in [0.25, 0.3) is 11.6 Å². The predicted molar refractivity (Wildman–Crippen MR) is 82.8 cm³/mol. The van der Waals surface area contributed by atoms with Crippen molar-refractivity contribution in [2.24, 2.45) is 5.10 Å². The van der Waals surface area contributed by atoms with Gasteiger partial charge >= 0.3 is 0 Å². The minimum Gasteiger partial charge on any atom is -0.504 e. The minimum absolute atomic E-state index is 0.000402. The molecule has 0 aliphatic rings. The van der Waals surface area contributed by atoms with E-state index in [-0.39, 0.29) is 22.7 Å². The van der Waals surface area contributed by atoms with Crippen molar-refractivity contribution in [3.05, 3.63) is 63.7 Å². The number of aromatic hydroxyl groups is 1. The molecular weight excluding hydrogens is 302 g/mol. The molecule has 0 saturated carbocycles. The number of nitrogens with zero attached hydrogens (tertiary/aromatic N) is 2. The average Bonchev–Trinajstić information content (AvgIpc) is 2.56. The molecule has 0 saturated heterocycles. The van der Waals surface area contributed by atoms with Crippen molar-refractivity contribution in [3.8, 4) is 11.5 Å². The van der Waals surface area contributed by atoms with Crippen LogP contribution < -0.4 is 10.2 Å². The maximum atomic E-state index is 11.8. The Balaban J connectivity index is 2.02. The standard InChI is InChI=1S/C15H13N3O5/c1-23-14-8-10(2-7-13(14)19)9-16-17-15(20)11-3-5-12(6-4-11)18(21)22/h2-9,19H,1H3,(H,17,20)/b16-9+. The minimum atomic E-state index is -0.544. The van der Waals surface area contributed by atoms with Gasteiger partial charge in [0.1, 0.15) is 0 Å². The van der Waals surface area contributed by atoms with Gasteiger partial charge in [-0.2, -0.15) is 5.10 Å². The number of hydrogen-bond acceptors (Lipinski definition) is 6. The Morgan fingerprint density at radius 2 is 2.00 bits per heavy atom. The number of hydrazone groups is 1. The zero-order valence-corrected chi connectivity index (χ0v) is 12.1. The second-order valence-electron chi connectivity index (χ2n) is 4.43. The lowest BCUT2D eigenvalue weighted by atomic mass is 10.2. The number of carbonyl (C=O) groups excluding carboxylic acids is 1. The van der Waals surface area contributed by atoms with E-state index in [1.807, 2.05) is 0 Å². The maximum absolute atomic E-state index is 11.8. The lowest BCUT2D eigenvalue weighted by Gasteiger charge is -2.03. The Labute approximate surface area is 131 Å². The van der Waals surface area contributed by atoms with Gasteiger partial charge in [0.15, 0.2) is 11.5 Å². The average molecular weight is 315 g/mol. The molecule has 8 nitrogen and oxygen atoms in total. The van der Waals surface area contributed by atoms with Crippen LogP contribution in [0, 0.1) is 10.1 Å². The van der Waals surface area contributed by atoms with E-state index in [2.05, 4.69) is 10.5 Å². The van der Waals surface area contributed by atoms with Crippen molar-refractivity contribution in [2.45, 2.75) is 0 Å². The van der Waals surface area contributed by atoms with Crippen LogP contribution in [0.2, 0.25) is 0 Å². The van der Waals surface area contributed by atoms with Crippen LogP contribution in [0.25, 0.3) is 0 Å². The first-order valence-corrected chi connectivity index (χ1v) is 6.46. The van der Waals surface area contributed by atoms with E-state index in [1.54, 1.807) is 12.1 Å². The van der Waals surface area contributed by atoms with Crippen molar-refractivity contribution < 1.29 is 19.6 Å². The summed E-state index contributed by atoms with van der Waals surface area (Å²) in [4.78, 5) is 21.8. The molecule has 2 aromatic rings. The molecule has 0 spiro atoms. The summed E-state index contributed by atoms with van der Waals surface area (Å²) in [6.45, 7) is 0. The van der Waals surface area contributed by atoms with Gasteiger partial charge in [-0.05, 0) is 35.9 Å². The number of nitro benzene ring substituents is 1. The van der Waals surface area contributed by atoms with Crippen LogP contribution in [-0.4, -0.2) is 29.3 Å². The van der Waals surface area contributed by atoms with Gasteiger partial charge in [-0.15, -0.1) is 0 Å². The van der Waals surface area contributed by atoms with Crippen LogP contribution in [-0.2, 0) is 0 Å². The van der Waals surface area contributed by atoms with Gasteiger partial charge in [0.2, 0.25) is 0 Å². The number of nitro groups is 1. The molecule has 8 heteroatoms. The third kappa shape index (κ3) is 4.03. The van der Waals surface area contributed by atoms with Gasteiger partial charge < -0.3 is 9.84 Å². The number of non-ortho nitro benzene ring substituents is 1. The summed E-state index contributed by atoms with van der Waals surface area (Å²) in [6.07, 6.45) is 1.38. The van der Waals surface area contributed by atoms with E-state index in [9.17, 15) is 20.0 Å². The molecule has 0 unspecified atom stereocenters. The molecule has 0 radical (unpaired) electrons. The summed E-state index contributed by atoms with van der Waals surface area (Å²) in [5.74, 6) is -0.211. The molecule has 2 N–H and O–H groups in total. The molecule has 118 valence electrons. The molecule has 23 heavy (non-hydrogen) atoms. The molecule has 0 aliphatic heterocycles. The molecule has 0 atom stereocenters. The van der Waals surface area contributed by atoms with Gasteiger partial charge in [-0.3, -0.25) is 14.9 Å². The first kappa shape index (κ1) is 16.0. The summed E-state index contributed by atoms with van der Waals surface area (Å²) < 4.78 is 4.96. The number of rotatable bonds is 5. The molecule has 1 amide bonds. The summed E-state index contributed by atoms with van der Waals surface area (Å²) in [6, 6.07) is 9.75. The van der Waals surface area contributed by atoms with Crippen LogP contribution >= 0.6 is 0 Å². The van der Waals surface area contributed by atoms with Crippen molar-refractivity contribution in [2.75, 3.05) is 7.11 Å². The Kier molecular flexibility index (Phi) is 4.88. The highest BCUT2D eigenvalue weighted by Crippen LogP contribution is 2.25. The Hall–Kier alpha value is -3.42. The largest absolute Gasteiger partial charge is 0.504 e. The van der Waals surface area contributed by atoms with Gasteiger partial charge in [-0.25, -0.2) is 5.43 Å². The van der Waals surface area contributed by atoms with Gasteiger partial charge in [0.05, 0.1) is 18.2 Å². The van der Waals surface area contributed by atoms with Crippen LogP contribution in [0.4, 0.5) is 5.69 Å². The Morgan fingerprint density at radius 3 is 2.61 bits per heavy atom. The zero-order valence-electron chi connectivity index (χ0n) is 12.1. The van der Waals surface area contributed by atoms with Crippen molar-refractivity contribution in [3.63, 3.8) is 0 Å². The van der Waals surface area contributed by atoms with Gasteiger partial charge in [0, 0.05) is 17.7 Å². The smallest absolute Gasteiger partial charge is 0.271 e. The number of benzene rings is 2.